The monoisotopic (exact) mass is 420 g/mol. The number of ether oxygens (including phenoxy) is 2. The minimum Gasteiger partial charge on any atom is -0.493 e. The molecule has 4 aromatic carbocycles. The lowest BCUT2D eigenvalue weighted by atomic mass is 10.0. The van der Waals surface area contributed by atoms with Crippen molar-refractivity contribution in [2.24, 2.45) is 0 Å². The van der Waals surface area contributed by atoms with Gasteiger partial charge in [-0.1, -0.05) is 78.9 Å². The average Bonchev–Trinajstić information content (AvgIpc) is 3.28. The van der Waals surface area contributed by atoms with Crippen LogP contribution in [0.1, 0.15) is 21.7 Å². The van der Waals surface area contributed by atoms with Crippen molar-refractivity contribution in [1.82, 2.24) is 0 Å². The molecule has 0 fully saturated rings. The Morgan fingerprint density at radius 1 is 0.781 bits per heavy atom. The SMILES string of the molecule is COc1cc(/C=C/c2cccc3ccccc23)ccc1OC(=O)c1cc2ccccc2o1. The van der Waals surface area contributed by atoms with Crippen molar-refractivity contribution in [3.05, 3.63) is 108 Å². The zero-order chi connectivity index (χ0) is 21.9. The van der Waals surface area contributed by atoms with Gasteiger partial charge in [-0.25, -0.2) is 4.79 Å². The molecule has 1 aromatic heterocycles. The van der Waals surface area contributed by atoms with Crippen LogP contribution in [0, 0.1) is 0 Å². The molecule has 0 spiro atoms. The smallest absolute Gasteiger partial charge is 0.379 e. The van der Waals surface area contributed by atoms with Crippen molar-refractivity contribution in [1.29, 1.82) is 0 Å². The maximum atomic E-state index is 12.6. The van der Waals surface area contributed by atoms with Gasteiger partial charge < -0.3 is 13.9 Å². The third-order valence-electron chi connectivity index (χ3n) is 5.30. The minimum atomic E-state index is -0.571. The number of hydrogen-bond donors (Lipinski definition) is 0. The van der Waals surface area contributed by atoms with Crippen molar-refractivity contribution >= 4 is 39.9 Å². The standard InChI is InChI=1S/C28H20O4/c1-30-26-17-19(13-15-21-10-6-9-20-7-2-4-11-23(20)21)14-16-25(26)32-28(29)27-18-22-8-3-5-12-24(22)31-27/h2-18H,1H3/b15-13+. The Bertz CT molecular complexity index is 1420. The summed E-state index contributed by atoms with van der Waals surface area (Å²) in [6.45, 7) is 0. The highest BCUT2D eigenvalue weighted by molar-refractivity contribution is 5.94. The molecule has 5 rings (SSSR count). The molecule has 0 aliphatic rings. The number of furan rings is 1. The number of methoxy groups -OCH3 is 1. The van der Waals surface area contributed by atoms with Gasteiger partial charge in [-0.15, -0.1) is 0 Å². The van der Waals surface area contributed by atoms with E-state index in [2.05, 4.69) is 30.3 Å². The first kappa shape index (κ1) is 19.6. The lowest BCUT2D eigenvalue weighted by Gasteiger charge is -2.09. The van der Waals surface area contributed by atoms with Crippen LogP contribution >= 0.6 is 0 Å². The number of benzene rings is 4. The molecule has 5 aromatic rings. The third kappa shape index (κ3) is 3.86. The van der Waals surface area contributed by atoms with Gasteiger partial charge in [0.15, 0.2) is 11.5 Å². The largest absolute Gasteiger partial charge is 0.493 e. The van der Waals surface area contributed by atoms with E-state index in [1.807, 2.05) is 60.7 Å². The predicted molar refractivity (Wildman–Crippen MR) is 127 cm³/mol. The molecule has 0 N–H and O–H groups in total. The van der Waals surface area contributed by atoms with Crippen LogP contribution in [-0.2, 0) is 0 Å². The maximum absolute atomic E-state index is 12.6. The Labute approximate surface area is 185 Å². The van der Waals surface area contributed by atoms with Gasteiger partial charge in [0, 0.05) is 5.39 Å². The lowest BCUT2D eigenvalue weighted by molar-refractivity contribution is 0.0699. The normalized spacial score (nSPS) is 11.3. The molecule has 4 heteroatoms. The van der Waals surface area contributed by atoms with Crippen molar-refractivity contribution in [3.63, 3.8) is 0 Å². The topological polar surface area (TPSA) is 48.7 Å². The van der Waals surface area contributed by atoms with Crippen LogP contribution in [0.4, 0.5) is 0 Å². The highest BCUT2D eigenvalue weighted by Crippen LogP contribution is 2.31. The summed E-state index contributed by atoms with van der Waals surface area (Å²) in [5.74, 6) is 0.376. The summed E-state index contributed by atoms with van der Waals surface area (Å²) in [7, 11) is 1.55. The van der Waals surface area contributed by atoms with Gasteiger partial charge in [0.25, 0.3) is 0 Å². The highest BCUT2D eigenvalue weighted by atomic mass is 16.6. The summed E-state index contributed by atoms with van der Waals surface area (Å²) >= 11 is 0. The van der Waals surface area contributed by atoms with Crippen LogP contribution in [0.3, 0.4) is 0 Å². The van der Waals surface area contributed by atoms with Gasteiger partial charge in [0.2, 0.25) is 5.76 Å². The summed E-state index contributed by atoms with van der Waals surface area (Å²) < 4.78 is 16.6. The molecule has 0 amide bonds. The first-order valence-corrected chi connectivity index (χ1v) is 10.3. The molecule has 0 atom stereocenters. The fourth-order valence-electron chi connectivity index (χ4n) is 3.69. The van der Waals surface area contributed by atoms with Gasteiger partial charge in [-0.05, 0) is 46.2 Å². The summed E-state index contributed by atoms with van der Waals surface area (Å²) in [5.41, 5.74) is 2.70. The lowest BCUT2D eigenvalue weighted by Crippen LogP contribution is -2.08. The number of hydrogen-bond acceptors (Lipinski definition) is 4. The van der Waals surface area contributed by atoms with E-state index >= 15 is 0 Å². The first-order valence-electron chi connectivity index (χ1n) is 10.3. The molecule has 0 aliphatic heterocycles. The summed E-state index contributed by atoms with van der Waals surface area (Å²) in [6.07, 6.45) is 4.08. The molecule has 156 valence electrons. The molecule has 32 heavy (non-hydrogen) atoms. The fraction of sp³-hybridized carbons (Fsp3) is 0.0357. The Hall–Kier alpha value is -4.31. The zero-order valence-corrected chi connectivity index (χ0v) is 17.4. The second kappa shape index (κ2) is 8.44. The number of carbonyl (C=O) groups is 1. The molecule has 0 aliphatic carbocycles. The van der Waals surface area contributed by atoms with E-state index in [0.29, 0.717) is 17.1 Å². The van der Waals surface area contributed by atoms with Gasteiger partial charge in [-0.2, -0.15) is 0 Å². The van der Waals surface area contributed by atoms with Crippen LogP contribution in [0.5, 0.6) is 11.5 Å². The van der Waals surface area contributed by atoms with Crippen LogP contribution in [0.25, 0.3) is 33.9 Å². The second-order valence-electron chi connectivity index (χ2n) is 7.35. The minimum absolute atomic E-state index is 0.146. The quantitative estimate of drug-likeness (QED) is 0.175. The number of rotatable bonds is 5. The van der Waals surface area contributed by atoms with Crippen LogP contribution in [0.2, 0.25) is 0 Å². The highest BCUT2D eigenvalue weighted by Gasteiger charge is 2.17. The van der Waals surface area contributed by atoms with E-state index in [4.69, 9.17) is 13.9 Å². The summed E-state index contributed by atoms with van der Waals surface area (Å²) in [5, 5.41) is 3.23. The Kier molecular flexibility index (Phi) is 5.18. The number of carbonyl (C=O) groups excluding carboxylic acids is 1. The van der Waals surface area contributed by atoms with E-state index in [1.54, 1.807) is 19.2 Å². The van der Waals surface area contributed by atoms with Gasteiger partial charge >= 0.3 is 5.97 Å². The van der Waals surface area contributed by atoms with Gasteiger partial charge in [0.1, 0.15) is 5.58 Å². The van der Waals surface area contributed by atoms with E-state index < -0.39 is 5.97 Å². The van der Waals surface area contributed by atoms with Crippen LogP contribution < -0.4 is 9.47 Å². The Morgan fingerprint density at radius 2 is 1.56 bits per heavy atom. The van der Waals surface area contributed by atoms with Crippen molar-refractivity contribution < 1.29 is 18.7 Å². The maximum Gasteiger partial charge on any atom is 0.379 e. The molecular formula is C28H20O4. The van der Waals surface area contributed by atoms with E-state index in [0.717, 1.165) is 16.5 Å². The summed E-state index contributed by atoms with van der Waals surface area (Å²) in [4.78, 5) is 12.6. The Morgan fingerprint density at radius 3 is 2.41 bits per heavy atom. The molecular weight excluding hydrogens is 400 g/mol. The molecule has 4 nitrogen and oxygen atoms in total. The number of esters is 1. The first-order chi connectivity index (χ1) is 15.7. The molecule has 0 saturated carbocycles. The molecule has 1 heterocycles. The fourth-order valence-corrected chi connectivity index (χ4v) is 3.69. The Balaban J connectivity index is 1.38. The van der Waals surface area contributed by atoms with Gasteiger partial charge in [-0.3, -0.25) is 0 Å². The summed E-state index contributed by atoms with van der Waals surface area (Å²) in [6, 6.07) is 29.1. The van der Waals surface area contributed by atoms with Crippen molar-refractivity contribution in [2.45, 2.75) is 0 Å². The van der Waals surface area contributed by atoms with E-state index in [1.165, 1.54) is 10.8 Å². The van der Waals surface area contributed by atoms with Gasteiger partial charge in [0.05, 0.1) is 7.11 Å². The van der Waals surface area contributed by atoms with E-state index in [9.17, 15) is 4.79 Å². The van der Waals surface area contributed by atoms with E-state index in [-0.39, 0.29) is 5.76 Å². The zero-order valence-electron chi connectivity index (χ0n) is 17.4. The van der Waals surface area contributed by atoms with Crippen LogP contribution in [0.15, 0.2) is 95.4 Å². The molecule has 0 bridgehead atoms. The van der Waals surface area contributed by atoms with Crippen LogP contribution in [-0.4, -0.2) is 13.1 Å². The van der Waals surface area contributed by atoms with Crippen molar-refractivity contribution in [3.8, 4) is 11.5 Å². The number of para-hydroxylation sites is 1. The number of fused-ring (bicyclic) bond motifs is 2. The molecule has 0 unspecified atom stereocenters. The third-order valence-corrected chi connectivity index (χ3v) is 5.30. The molecule has 0 saturated heterocycles. The average molecular weight is 420 g/mol. The second-order valence-corrected chi connectivity index (χ2v) is 7.35. The molecule has 0 radical (unpaired) electrons. The predicted octanol–water partition coefficient (Wildman–Crippen LogP) is 6.98. The van der Waals surface area contributed by atoms with Crippen molar-refractivity contribution in [2.75, 3.05) is 7.11 Å².